The van der Waals surface area contributed by atoms with Gasteiger partial charge in [-0.25, -0.2) is 9.64 Å². The van der Waals surface area contributed by atoms with E-state index in [0.29, 0.717) is 12.2 Å². The Morgan fingerprint density at radius 3 is 2.48 bits per heavy atom. The van der Waals surface area contributed by atoms with Crippen molar-refractivity contribution >= 4 is 22.7 Å². The summed E-state index contributed by atoms with van der Waals surface area (Å²) in [5, 5.41) is 3.89. The standard InChI is InChI=1S/C22H23N3O2/c1-15-12-17-13-16(14-24-21(26)27-22(2,3)4)6-11-20(17)25(15)19-9-7-18(23-5)8-10-19/h6-13H,14H2,1-4H3,(H,24,26). The van der Waals surface area contributed by atoms with Gasteiger partial charge in [-0.15, -0.1) is 0 Å². The van der Waals surface area contributed by atoms with Crippen LogP contribution in [0.4, 0.5) is 10.5 Å². The van der Waals surface area contributed by atoms with Crippen molar-refractivity contribution in [2.45, 2.75) is 39.8 Å². The zero-order chi connectivity index (χ0) is 19.6. The minimum absolute atomic E-state index is 0.411. The second-order valence-electron chi connectivity index (χ2n) is 7.50. The molecule has 0 aliphatic rings. The highest BCUT2D eigenvalue weighted by Gasteiger charge is 2.16. The second kappa shape index (κ2) is 7.16. The Balaban J connectivity index is 1.83. The van der Waals surface area contributed by atoms with Crippen LogP contribution in [-0.2, 0) is 11.3 Å². The summed E-state index contributed by atoms with van der Waals surface area (Å²) in [4.78, 5) is 15.3. The summed E-state index contributed by atoms with van der Waals surface area (Å²) in [6.45, 7) is 15.1. The number of rotatable bonds is 3. The Bertz CT molecular complexity index is 1020. The van der Waals surface area contributed by atoms with Crippen molar-refractivity contribution in [1.29, 1.82) is 0 Å². The maximum absolute atomic E-state index is 11.8. The quantitative estimate of drug-likeness (QED) is 0.625. The number of alkyl carbamates (subject to hydrolysis) is 1. The normalized spacial score (nSPS) is 11.2. The molecule has 1 amide bonds. The molecule has 0 aliphatic carbocycles. The molecule has 1 heterocycles. The number of amides is 1. The van der Waals surface area contributed by atoms with Crippen LogP contribution in [-0.4, -0.2) is 16.3 Å². The molecule has 5 heteroatoms. The highest BCUT2D eigenvalue weighted by molar-refractivity contribution is 5.84. The number of aromatic nitrogens is 1. The molecule has 138 valence electrons. The lowest BCUT2D eigenvalue weighted by Gasteiger charge is -2.19. The number of carbonyl (C=O) groups is 1. The van der Waals surface area contributed by atoms with Gasteiger partial charge in [-0.3, -0.25) is 0 Å². The number of aryl methyl sites for hydroxylation is 1. The fourth-order valence-electron chi connectivity index (χ4n) is 3.02. The van der Waals surface area contributed by atoms with Crippen LogP contribution in [0, 0.1) is 13.5 Å². The van der Waals surface area contributed by atoms with Gasteiger partial charge in [0.15, 0.2) is 5.69 Å². The van der Waals surface area contributed by atoms with Crippen molar-refractivity contribution in [3.8, 4) is 5.69 Å². The maximum Gasteiger partial charge on any atom is 0.407 e. The maximum atomic E-state index is 11.8. The first kappa shape index (κ1) is 18.5. The van der Waals surface area contributed by atoms with Crippen molar-refractivity contribution in [3.05, 3.63) is 71.2 Å². The molecular formula is C22H23N3O2. The van der Waals surface area contributed by atoms with Gasteiger partial charge in [0.05, 0.1) is 12.1 Å². The van der Waals surface area contributed by atoms with Crippen LogP contribution in [0.15, 0.2) is 48.5 Å². The van der Waals surface area contributed by atoms with Gasteiger partial charge in [-0.1, -0.05) is 18.2 Å². The molecule has 1 N–H and O–H groups in total. The van der Waals surface area contributed by atoms with Crippen molar-refractivity contribution in [2.75, 3.05) is 0 Å². The third-order valence-electron chi connectivity index (χ3n) is 4.12. The number of ether oxygens (including phenoxy) is 1. The monoisotopic (exact) mass is 361 g/mol. The van der Waals surface area contributed by atoms with E-state index >= 15 is 0 Å². The van der Waals surface area contributed by atoms with E-state index in [0.717, 1.165) is 27.8 Å². The first-order chi connectivity index (χ1) is 12.8. The van der Waals surface area contributed by atoms with E-state index in [1.165, 1.54) is 0 Å². The Hall–Kier alpha value is -3.26. The molecule has 2 aromatic carbocycles. The highest BCUT2D eigenvalue weighted by atomic mass is 16.6. The minimum Gasteiger partial charge on any atom is -0.444 e. The van der Waals surface area contributed by atoms with Crippen LogP contribution < -0.4 is 5.32 Å². The summed E-state index contributed by atoms with van der Waals surface area (Å²) in [6.07, 6.45) is -0.420. The zero-order valence-electron chi connectivity index (χ0n) is 16.0. The molecule has 3 rings (SSSR count). The van der Waals surface area contributed by atoms with E-state index in [1.54, 1.807) is 0 Å². The van der Waals surface area contributed by atoms with Gasteiger partial charge >= 0.3 is 6.09 Å². The lowest BCUT2D eigenvalue weighted by atomic mass is 10.1. The number of carbonyl (C=O) groups excluding carboxylic acids is 1. The zero-order valence-corrected chi connectivity index (χ0v) is 16.0. The summed E-state index contributed by atoms with van der Waals surface area (Å²) in [6, 6.07) is 15.8. The number of fused-ring (bicyclic) bond motifs is 1. The number of hydrogen-bond donors (Lipinski definition) is 1. The van der Waals surface area contributed by atoms with E-state index in [2.05, 4.69) is 39.9 Å². The van der Waals surface area contributed by atoms with Gasteiger partial charge in [-0.2, -0.15) is 0 Å². The third kappa shape index (κ3) is 4.29. The van der Waals surface area contributed by atoms with Crippen LogP contribution in [0.3, 0.4) is 0 Å². The van der Waals surface area contributed by atoms with Gasteiger partial charge in [-0.05, 0) is 63.6 Å². The summed E-state index contributed by atoms with van der Waals surface area (Å²) < 4.78 is 7.43. The first-order valence-electron chi connectivity index (χ1n) is 8.82. The van der Waals surface area contributed by atoms with Gasteiger partial charge < -0.3 is 14.6 Å². The lowest BCUT2D eigenvalue weighted by molar-refractivity contribution is 0.0523. The Morgan fingerprint density at radius 1 is 1.15 bits per heavy atom. The van der Waals surface area contributed by atoms with E-state index in [1.807, 2.05) is 51.1 Å². The average molecular weight is 361 g/mol. The van der Waals surface area contributed by atoms with Gasteiger partial charge in [0.1, 0.15) is 5.60 Å². The number of nitrogens with one attached hydrogen (secondary N) is 1. The van der Waals surface area contributed by atoms with Crippen LogP contribution >= 0.6 is 0 Å². The summed E-state index contributed by atoms with van der Waals surface area (Å²) in [7, 11) is 0. The Labute approximate surface area is 159 Å². The molecular weight excluding hydrogens is 338 g/mol. The predicted molar refractivity (Wildman–Crippen MR) is 107 cm³/mol. The summed E-state index contributed by atoms with van der Waals surface area (Å²) >= 11 is 0. The summed E-state index contributed by atoms with van der Waals surface area (Å²) in [5.74, 6) is 0. The van der Waals surface area contributed by atoms with Crippen molar-refractivity contribution < 1.29 is 9.53 Å². The lowest BCUT2D eigenvalue weighted by Crippen LogP contribution is -2.32. The van der Waals surface area contributed by atoms with Crippen LogP contribution in [0.1, 0.15) is 32.0 Å². The van der Waals surface area contributed by atoms with Crippen molar-refractivity contribution in [2.24, 2.45) is 0 Å². The Kier molecular flexibility index (Phi) is 4.91. The fourth-order valence-corrected chi connectivity index (χ4v) is 3.02. The molecule has 0 aliphatic heterocycles. The molecule has 0 saturated carbocycles. The molecule has 0 bridgehead atoms. The molecule has 5 nitrogen and oxygen atoms in total. The van der Waals surface area contributed by atoms with Gasteiger partial charge in [0.25, 0.3) is 0 Å². The average Bonchev–Trinajstić information content (AvgIpc) is 2.93. The summed E-state index contributed by atoms with van der Waals surface area (Å²) in [5.41, 5.74) is 4.35. The molecule has 0 unspecified atom stereocenters. The molecule has 0 radical (unpaired) electrons. The fraction of sp³-hybridized carbons (Fsp3) is 0.273. The van der Waals surface area contributed by atoms with Crippen LogP contribution in [0.5, 0.6) is 0 Å². The third-order valence-corrected chi connectivity index (χ3v) is 4.12. The smallest absolute Gasteiger partial charge is 0.407 e. The van der Waals surface area contributed by atoms with E-state index < -0.39 is 11.7 Å². The van der Waals surface area contributed by atoms with Gasteiger partial charge in [0, 0.05) is 23.3 Å². The largest absolute Gasteiger partial charge is 0.444 e. The molecule has 0 saturated heterocycles. The number of benzene rings is 2. The van der Waals surface area contributed by atoms with Crippen LogP contribution in [0.25, 0.3) is 21.4 Å². The first-order valence-corrected chi connectivity index (χ1v) is 8.82. The predicted octanol–water partition coefficient (Wildman–Crippen LogP) is 5.51. The van der Waals surface area contributed by atoms with Crippen molar-refractivity contribution in [3.63, 3.8) is 0 Å². The molecule has 3 aromatic rings. The number of hydrogen-bond acceptors (Lipinski definition) is 2. The minimum atomic E-state index is -0.509. The highest BCUT2D eigenvalue weighted by Crippen LogP contribution is 2.26. The molecule has 0 atom stereocenters. The number of nitrogens with zero attached hydrogens (tertiary/aromatic N) is 2. The van der Waals surface area contributed by atoms with E-state index in [4.69, 9.17) is 11.3 Å². The van der Waals surface area contributed by atoms with Gasteiger partial charge in [0.2, 0.25) is 0 Å². The molecule has 0 fully saturated rings. The molecule has 27 heavy (non-hydrogen) atoms. The molecule has 1 aromatic heterocycles. The van der Waals surface area contributed by atoms with E-state index in [-0.39, 0.29) is 0 Å². The Morgan fingerprint density at radius 2 is 1.85 bits per heavy atom. The van der Waals surface area contributed by atoms with E-state index in [9.17, 15) is 4.79 Å². The SMILES string of the molecule is [C-]#[N+]c1ccc(-n2c(C)cc3cc(CNC(=O)OC(C)(C)C)ccc32)cc1. The van der Waals surface area contributed by atoms with Crippen LogP contribution in [0.2, 0.25) is 0 Å². The topological polar surface area (TPSA) is 47.6 Å². The second-order valence-corrected chi connectivity index (χ2v) is 7.50. The molecule has 0 spiro atoms. The van der Waals surface area contributed by atoms with Crippen molar-refractivity contribution in [1.82, 2.24) is 9.88 Å².